The fraction of sp³-hybridized carbons (Fsp3) is 0.263. The Morgan fingerprint density at radius 2 is 1.93 bits per heavy atom. The molecule has 3 rings (SSSR count). The molecule has 0 spiro atoms. The molecule has 0 radical (unpaired) electrons. The molecule has 1 aliphatic carbocycles. The van der Waals surface area contributed by atoms with E-state index in [1.54, 1.807) is 24.3 Å². The number of carbonyl (C=O) groups excluding carboxylic acids is 3. The quantitative estimate of drug-likeness (QED) is 0.744. The average molecular weight is 369 g/mol. The van der Waals surface area contributed by atoms with Gasteiger partial charge in [0.15, 0.2) is 0 Å². The molecule has 1 aliphatic rings. The maximum atomic E-state index is 12.3. The monoisotopic (exact) mass is 369 g/mol. The van der Waals surface area contributed by atoms with Crippen molar-refractivity contribution in [1.82, 2.24) is 9.88 Å². The van der Waals surface area contributed by atoms with Crippen molar-refractivity contribution in [1.29, 1.82) is 0 Å². The largest absolute Gasteiger partial charge is 0.465 e. The molecule has 0 bridgehead atoms. The summed E-state index contributed by atoms with van der Waals surface area (Å²) in [5.74, 6) is -1.24. The molecule has 27 heavy (non-hydrogen) atoms. The predicted molar refractivity (Wildman–Crippen MR) is 97.6 cm³/mol. The lowest BCUT2D eigenvalue weighted by molar-refractivity contribution is -0.116. The van der Waals surface area contributed by atoms with Gasteiger partial charge in [0, 0.05) is 29.6 Å². The summed E-state index contributed by atoms with van der Waals surface area (Å²) in [4.78, 5) is 47.8. The van der Waals surface area contributed by atoms with Crippen LogP contribution in [0.4, 0.5) is 5.69 Å². The van der Waals surface area contributed by atoms with Crippen molar-refractivity contribution in [2.75, 3.05) is 12.4 Å². The van der Waals surface area contributed by atoms with Gasteiger partial charge in [0.2, 0.25) is 5.91 Å². The number of pyridine rings is 1. The van der Waals surface area contributed by atoms with E-state index in [1.807, 2.05) is 0 Å². The van der Waals surface area contributed by atoms with Gasteiger partial charge in [-0.05, 0) is 37.1 Å². The van der Waals surface area contributed by atoms with E-state index in [0.717, 1.165) is 17.4 Å². The van der Waals surface area contributed by atoms with Crippen molar-refractivity contribution < 1.29 is 19.1 Å². The van der Waals surface area contributed by atoms with E-state index in [9.17, 15) is 19.2 Å². The summed E-state index contributed by atoms with van der Waals surface area (Å²) < 4.78 is 5.72. The molecule has 140 valence electrons. The van der Waals surface area contributed by atoms with Gasteiger partial charge in [0.25, 0.3) is 11.5 Å². The van der Waals surface area contributed by atoms with E-state index in [4.69, 9.17) is 0 Å². The summed E-state index contributed by atoms with van der Waals surface area (Å²) in [6, 6.07) is 9.33. The van der Waals surface area contributed by atoms with Crippen LogP contribution in [0.15, 0.2) is 47.4 Å². The molecule has 1 fully saturated rings. The molecular formula is C19H19N3O5. The Morgan fingerprint density at radius 3 is 2.63 bits per heavy atom. The molecule has 1 heterocycles. The Balaban J connectivity index is 1.68. The second-order valence-corrected chi connectivity index (χ2v) is 6.25. The minimum absolute atomic E-state index is 0.170. The topological polar surface area (TPSA) is 106 Å². The number of benzene rings is 1. The molecule has 2 amide bonds. The fourth-order valence-electron chi connectivity index (χ4n) is 2.48. The number of esters is 1. The lowest BCUT2D eigenvalue weighted by Crippen LogP contribution is -2.28. The zero-order valence-corrected chi connectivity index (χ0v) is 14.7. The number of aromatic nitrogens is 1. The van der Waals surface area contributed by atoms with Crippen LogP contribution in [0.1, 0.15) is 33.6 Å². The van der Waals surface area contributed by atoms with Crippen LogP contribution >= 0.6 is 0 Å². The number of methoxy groups -OCH3 is 1. The first-order valence-corrected chi connectivity index (χ1v) is 8.46. The van der Waals surface area contributed by atoms with Crippen LogP contribution in [0.25, 0.3) is 0 Å². The molecule has 2 N–H and O–H groups in total. The maximum absolute atomic E-state index is 12.3. The number of rotatable bonds is 6. The van der Waals surface area contributed by atoms with Gasteiger partial charge in [0.1, 0.15) is 6.54 Å². The number of nitrogens with one attached hydrogen (secondary N) is 2. The van der Waals surface area contributed by atoms with Gasteiger partial charge in [-0.2, -0.15) is 0 Å². The van der Waals surface area contributed by atoms with E-state index < -0.39 is 17.4 Å². The number of hydrogen-bond donors (Lipinski definition) is 2. The van der Waals surface area contributed by atoms with Gasteiger partial charge < -0.3 is 19.9 Å². The fourth-order valence-corrected chi connectivity index (χ4v) is 2.48. The predicted octanol–water partition coefficient (Wildman–Crippen LogP) is 1.17. The maximum Gasteiger partial charge on any atom is 0.339 e. The van der Waals surface area contributed by atoms with E-state index in [1.165, 1.54) is 25.4 Å². The molecule has 0 aliphatic heterocycles. The molecule has 0 saturated heterocycles. The first-order chi connectivity index (χ1) is 13.0. The Kier molecular flexibility index (Phi) is 5.35. The standard InChI is InChI=1S/C19H19N3O5/c1-27-19(26)13-5-8-17(24)22(10-13)11-16(23)20-15-4-2-3-12(9-15)18(25)21-14-6-7-14/h2-5,8-10,14H,6-7,11H2,1H3,(H,20,23)(H,21,25). The van der Waals surface area contributed by atoms with Crippen LogP contribution < -0.4 is 16.2 Å². The van der Waals surface area contributed by atoms with Gasteiger partial charge in [0.05, 0.1) is 12.7 Å². The highest BCUT2D eigenvalue weighted by Crippen LogP contribution is 2.20. The Hall–Kier alpha value is -3.42. The highest BCUT2D eigenvalue weighted by atomic mass is 16.5. The third-order valence-corrected chi connectivity index (χ3v) is 4.04. The summed E-state index contributed by atoms with van der Waals surface area (Å²) in [6.45, 7) is -0.276. The highest BCUT2D eigenvalue weighted by Gasteiger charge is 2.23. The zero-order valence-electron chi connectivity index (χ0n) is 14.7. The third kappa shape index (κ3) is 4.81. The summed E-state index contributed by atoms with van der Waals surface area (Å²) in [5, 5.41) is 5.53. The number of nitrogens with zero attached hydrogens (tertiary/aromatic N) is 1. The van der Waals surface area contributed by atoms with Crippen molar-refractivity contribution in [3.8, 4) is 0 Å². The minimum atomic E-state index is -0.599. The van der Waals surface area contributed by atoms with Crippen LogP contribution in [-0.4, -0.2) is 35.5 Å². The molecular weight excluding hydrogens is 350 g/mol. The average Bonchev–Trinajstić information content (AvgIpc) is 3.47. The molecule has 8 nitrogen and oxygen atoms in total. The van der Waals surface area contributed by atoms with E-state index in [0.29, 0.717) is 11.3 Å². The van der Waals surface area contributed by atoms with Crippen molar-refractivity contribution in [3.63, 3.8) is 0 Å². The number of ether oxygens (including phenoxy) is 1. The van der Waals surface area contributed by atoms with E-state index in [2.05, 4.69) is 15.4 Å². The van der Waals surface area contributed by atoms with Gasteiger partial charge in [-0.25, -0.2) is 4.79 Å². The zero-order chi connectivity index (χ0) is 19.4. The van der Waals surface area contributed by atoms with Crippen LogP contribution in [-0.2, 0) is 16.1 Å². The SMILES string of the molecule is COC(=O)c1ccc(=O)n(CC(=O)Nc2cccc(C(=O)NC3CC3)c2)c1. The van der Waals surface area contributed by atoms with Crippen molar-refractivity contribution >= 4 is 23.5 Å². The highest BCUT2D eigenvalue weighted by molar-refractivity contribution is 5.97. The molecule has 1 aromatic heterocycles. The lowest BCUT2D eigenvalue weighted by Gasteiger charge is -2.10. The van der Waals surface area contributed by atoms with Crippen LogP contribution in [0.3, 0.4) is 0 Å². The smallest absolute Gasteiger partial charge is 0.339 e. The molecule has 1 saturated carbocycles. The number of anilines is 1. The number of amides is 2. The summed E-state index contributed by atoms with van der Waals surface area (Å²) >= 11 is 0. The third-order valence-electron chi connectivity index (χ3n) is 4.04. The van der Waals surface area contributed by atoms with E-state index in [-0.39, 0.29) is 24.1 Å². The van der Waals surface area contributed by atoms with Gasteiger partial charge in [-0.3, -0.25) is 14.4 Å². The van der Waals surface area contributed by atoms with Gasteiger partial charge >= 0.3 is 5.97 Å². The first-order valence-electron chi connectivity index (χ1n) is 8.46. The molecule has 1 aromatic carbocycles. The van der Waals surface area contributed by atoms with Crippen LogP contribution in [0, 0.1) is 0 Å². The number of hydrogen-bond acceptors (Lipinski definition) is 5. The summed E-state index contributed by atoms with van der Waals surface area (Å²) in [5.41, 5.74) is 0.643. The Bertz CT molecular complexity index is 946. The van der Waals surface area contributed by atoms with Crippen LogP contribution in [0.5, 0.6) is 0 Å². The normalized spacial score (nSPS) is 12.9. The summed E-state index contributed by atoms with van der Waals surface area (Å²) in [6.07, 6.45) is 3.25. The van der Waals surface area contributed by atoms with Crippen molar-refractivity contribution in [3.05, 3.63) is 64.1 Å². The van der Waals surface area contributed by atoms with Crippen LogP contribution in [0.2, 0.25) is 0 Å². The van der Waals surface area contributed by atoms with Gasteiger partial charge in [-0.1, -0.05) is 6.07 Å². The first kappa shape index (κ1) is 18.4. The molecule has 0 unspecified atom stereocenters. The van der Waals surface area contributed by atoms with Crippen molar-refractivity contribution in [2.45, 2.75) is 25.4 Å². The minimum Gasteiger partial charge on any atom is -0.465 e. The Labute approximate surface area is 155 Å². The molecule has 0 atom stereocenters. The second-order valence-electron chi connectivity index (χ2n) is 6.25. The second kappa shape index (κ2) is 7.86. The molecule has 8 heteroatoms. The van der Waals surface area contributed by atoms with Crippen molar-refractivity contribution in [2.24, 2.45) is 0 Å². The van der Waals surface area contributed by atoms with Gasteiger partial charge in [-0.15, -0.1) is 0 Å². The molecule has 2 aromatic rings. The summed E-state index contributed by atoms with van der Waals surface area (Å²) in [7, 11) is 1.23. The number of carbonyl (C=O) groups is 3. The Morgan fingerprint density at radius 1 is 1.15 bits per heavy atom. The lowest BCUT2D eigenvalue weighted by atomic mass is 10.2. The van der Waals surface area contributed by atoms with E-state index >= 15 is 0 Å².